The highest BCUT2D eigenvalue weighted by Gasteiger charge is 2.13. The molecule has 3 aromatic rings. The monoisotopic (exact) mass is 366 g/mol. The van der Waals surface area contributed by atoms with E-state index in [1.54, 1.807) is 30.3 Å². The zero-order chi connectivity index (χ0) is 19.2. The quantitative estimate of drug-likeness (QED) is 0.672. The molecule has 0 unspecified atom stereocenters. The van der Waals surface area contributed by atoms with Crippen molar-refractivity contribution in [3.8, 4) is 0 Å². The largest absolute Gasteiger partial charge is 0.465 e. The number of carbonyl (C=O) groups excluding carboxylic acids is 2. The maximum Gasteiger partial charge on any atom is 0.339 e. The molecule has 0 bridgehead atoms. The molecule has 1 aromatic heterocycles. The second kappa shape index (κ2) is 8.05. The van der Waals surface area contributed by atoms with Crippen LogP contribution in [-0.4, -0.2) is 29.0 Å². The standard InChI is InChI=1S/C19H15FN4O3/c1-27-19(26)12-6-2-4-8-14(12)23-17-11-21-16(10-22-17)18(25)24-15-9-5-3-7-13(15)20/h2-11H,1H3,(H,22,23)(H,24,25). The average molecular weight is 366 g/mol. The fraction of sp³-hybridized carbons (Fsp3) is 0.0526. The third-order valence-electron chi connectivity index (χ3n) is 3.60. The van der Waals surface area contributed by atoms with Gasteiger partial charge in [0.05, 0.1) is 36.4 Å². The Morgan fingerprint density at radius 2 is 1.67 bits per heavy atom. The highest BCUT2D eigenvalue weighted by atomic mass is 19.1. The molecule has 8 heteroatoms. The molecular formula is C19H15FN4O3. The smallest absolute Gasteiger partial charge is 0.339 e. The van der Waals surface area contributed by atoms with Gasteiger partial charge in [-0.05, 0) is 24.3 Å². The molecule has 7 nitrogen and oxygen atoms in total. The van der Waals surface area contributed by atoms with E-state index in [0.717, 1.165) is 0 Å². The number of carbonyl (C=O) groups is 2. The minimum absolute atomic E-state index is 0.0186. The molecule has 0 saturated carbocycles. The third kappa shape index (κ3) is 4.24. The predicted molar refractivity (Wildman–Crippen MR) is 97.4 cm³/mol. The van der Waals surface area contributed by atoms with Gasteiger partial charge in [-0.25, -0.2) is 19.2 Å². The Hall–Kier alpha value is -3.81. The van der Waals surface area contributed by atoms with Crippen LogP contribution in [0.15, 0.2) is 60.9 Å². The molecule has 27 heavy (non-hydrogen) atoms. The molecule has 3 rings (SSSR count). The summed E-state index contributed by atoms with van der Waals surface area (Å²) in [6, 6.07) is 12.6. The Labute approximate surface area is 154 Å². The van der Waals surface area contributed by atoms with Gasteiger partial charge in [0.1, 0.15) is 17.3 Å². The van der Waals surface area contributed by atoms with Crippen molar-refractivity contribution in [3.05, 3.63) is 78.0 Å². The van der Waals surface area contributed by atoms with Crippen molar-refractivity contribution in [2.75, 3.05) is 17.7 Å². The van der Waals surface area contributed by atoms with Crippen LogP contribution in [0.25, 0.3) is 0 Å². The van der Waals surface area contributed by atoms with Crippen molar-refractivity contribution in [1.29, 1.82) is 0 Å². The SMILES string of the molecule is COC(=O)c1ccccc1Nc1cnc(C(=O)Nc2ccccc2F)cn1. The number of methoxy groups -OCH3 is 1. The van der Waals surface area contributed by atoms with Gasteiger partial charge in [0.15, 0.2) is 0 Å². The lowest BCUT2D eigenvalue weighted by Crippen LogP contribution is -2.15. The van der Waals surface area contributed by atoms with Crippen LogP contribution in [0.2, 0.25) is 0 Å². The molecule has 2 aromatic carbocycles. The summed E-state index contributed by atoms with van der Waals surface area (Å²) in [7, 11) is 1.29. The van der Waals surface area contributed by atoms with Crippen molar-refractivity contribution in [2.24, 2.45) is 0 Å². The molecule has 1 heterocycles. The topological polar surface area (TPSA) is 93.2 Å². The number of nitrogens with zero attached hydrogens (tertiary/aromatic N) is 2. The van der Waals surface area contributed by atoms with Crippen LogP contribution in [0.3, 0.4) is 0 Å². The van der Waals surface area contributed by atoms with E-state index >= 15 is 0 Å². The van der Waals surface area contributed by atoms with Gasteiger partial charge in [0.2, 0.25) is 0 Å². The maximum atomic E-state index is 13.6. The number of ether oxygens (including phenoxy) is 1. The van der Waals surface area contributed by atoms with E-state index in [4.69, 9.17) is 4.74 Å². The summed E-state index contributed by atoms with van der Waals surface area (Å²) >= 11 is 0. The van der Waals surface area contributed by atoms with Crippen LogP contribution in [0.5, 0.6) is 0 Å². The molecule has 136 valence electrons. The normalized spacial score (nSPS) is 10.1. The van der Waals surface area contributed by atoms with Crippen molar-refractivity contribution in [3.63, 3.8) is 0 Å². The van der Waals surface area contributed by atoms with Gasteiger partial charge < -0.3 is 15.4 Å². The lowest BCUT2D eigenvalue weighted by molar-refractivity contribution is 0.0601. The Kier molecular flexibility index (Phi) is 5.36. The molecular weight excluding hydrogens is 351 g/mol. The minimum Gasteiger partial charge on any atom is -0.465 e. The number of amides is 1. The van der Waals surface area contributed by atoms with Gasteiger partial charge in [-0.15, -0.1) is 0 Å². The highest BCUT2D eigenvalue weighted by Crippen LogP contribution is 2.20. The van der Waals surface area contributed by atoms with Crippen molar-refractivity contribution < 1.29 is 18.7 Å². The average Bonchev–Trinajstić information content (AvgIpc) is 2.70. The summed E-state index contributed by atoms with van der Waals surface area (Å²) in [5.74, 6) is -1.30. The molecule has 2 N–H and O–H groups in total. The summed E-state index contributed by atoms with van der Waals surface area (Å²) in [4.78, 5) is 32.1. The van der Waals surface area contributed by atoms with Crippen LogP contribution in [0, 0.1) is 5.82 Å². The van der Waals surface area contributed by atoms with Gasteiger partial charge in [0, 0.05) is 0 Å². The van der Waals surface area contributed by atoms with E-state index in [2.05, 4.69) is 20.6 Å². The number of hydrogen-bond acceptors (Lipinski definition) is 6. The van der Waals surface area contributed by atoms with Gasteiger partial charge in [-0.2, -0.15) is 0 Å². The molecule has 0 atom stereocenters. The van der Waals surface area contributed by atoms with Crippen molar-refractivity contribution in [2.45, 2.75) is 0 Å². The zero-order valence-electron chi connectivity index (χ0n) is 14.3. The number of esters is 1. The third-order valence-corrected chi connectivity index (χ3v) is 3.60. The number of para-hydroxylation sites is 2. The Balaban J connectivity index is 1.74. The first-order valence-corrected chi connectivity index (χ1v) is 7.91. The summed E-state index contributed by atoms with van der Waals surface area (Å²) in [6.07, 6.45) is 2.59. The molecule has 0 fully saturated rings. The Morgan fingerprint density at radius 3 is 2.33 bits per heavy atom. The van der Waals surface area contributed by atoms with E-state index in [1.165, 1.54) is 37.7 Å². The molecule has 0 aliphatic heterocycles. The second-order valence-electron chi connectivity index (χ2n) is 5.38. The summed E-state index contributed by atoms with van der Waals surface area (Å²) in [6.45, 7) is 0. The minimum atomic E-state index is -0.589. The van der Waals surface area contributed by atoms with Crippen molar-refractivity contribution >= 4 is 29.1 Å². The number of halogens is 1. The Morgan fingerprint density at radius 1 is 0.963 bits per heavy atom. The fourth-order valence-electron chi connectivity index (χ4n) is 2.28. The number of anilines is 3. The maximum absolute atomic E-state index is 13.6. The van der Waals surface area contributed by atoms with Gasteiger partial charge in [-0.1, -0.05) is 24.3 Å². The van der Waals surface area contributed by atoms with Crippen LogP contribution in [-0.2, 0) is 4.74 Å². The first-order valence-electron chi connectivity index (χ1n) is 7.91. The van der Waals surface area contributed by atoms with E-state index in [1.807, 2.05) is 0 Å². The number of benzene rings is 2. The summed E-state index contributed by atoms with van der Waals surface area (Å²) in [5, 5.41) is 5.38. The lowest BCUT2D eigenvalue weighted by Gasteiger charge is -2.10. The van der Waals surface area contributed by atoms with Crippen LogP contribution in [0.1, 0.15) is 20.8 Å². The highest BCUT2D eigenvalue weighted by molar-refractivity contribution is 6.02. The fourth-order valence-corrected chi connectivity index (χ4v) is 2.28. The van der Waals surface area contributed by atoms with Crippen LogP contribution >= 0.6 is 0 Å². The van der Waals surface area contributed by atoms with Gasteiger partial charge in [-0.3, -0.25) is 4.79 Å². The first-order chi connectivity index (χ1) is 13.1. The molecule has 0 saturated heterocycles. The van der Waals surface area contributed by atoms with E-state index in [-0.39, 0.29) is 11.4 Å². The lowest BCUT2D eigenvalue weighted by atomic mass is 10.2. The second-order valence-corrected chi connectivity index (χ2v) is 5.38. The van der Waals surface area contributed by atoms with Crippen LogP contribution < -0.4 is 10.6 Å². The van der Waals surface area contributed by atoms with Crippen molar-refractivity contribution in [1.82, 2.24) is 9.97 Å². The number of nitrogens with one attached hydrogen (secondary N) is 2. The van der Waals surface area contributed by atoms with Gasteiger partial charge in [0.25, 0.3) is 5.91 Å². The molecule has 1 amide bonds. The van der Waals surface area contributed by atoms with Crippen LogP contribution in [0.4, 0.5) is 21.6 Å². The van der Waals surface area contributed by atoms with Gasteiger partial charge >= 0.3 is 5.97 Å². The number of hydrogen-bond donors (Lipinski definition) is 2. The van der Waals surface area contributed by atoms with E-state index < -0.39 is 17.7 Å². The first kappa shape index (κ1) is 18.0. The zero-order valence-corrected chi connectivity index (χ0v) is 14.3. The van der Waals surface area contributed by atoms with E-state index in [0.29, 0.717) is 17.1 Å². The predicted octanol–water partition coefficient (Wildman–Crippen LogP) is 3.40. The molecule has 0 radical (unpaired) electrons. The summed E-state index contributed by atoms with van der Waals surface area (Å²) < 4.78 is 18.3. The Bertz CT molecular complexity index is 977. The van der Waals surface area contributed by atoms with E-state index in [9.17, 15) is 14.0 Å². The molecule has 0 aliphatic rings. The molecule has 0 spiro atoms. The number of rotatable bonds is 5. The number of aromatic nitrogens is 2. The molecule has 0 aliphatic carbocycles. The summed E-state index contributed by atoms with van der Waals surface area (Å²) in [5.41, 5.74) is 0.897.